The molecule has 1 heteroatoms. The third-order valence-corrected chi connectivity index (χ3v) is 3.00. The summed E-state index contributed by atoms with van der Waals surface area (Å²) < 4.78 is 2.15. The van der Waals surface area contributed by atoms with Gasteiger partial charge in [0.2, 0.25) is 0 Å². The third kappa shape index (κ3) is 1.33. The summed E-state index contributed by atoms with van der Waals surface area (Å²) >= 11 is 0. The molecule has 0 spiro atoms. The number of benzene rings is 2. The highest BCUT2D eigenvalue weighted by Gasteiger charge is 2.03. The fourth-order valence-corrected chi connectivity index (χ4v) is 2.15. The van der Waals surface area contributed by atoms with Gasteiger partial charge in [0.1, 0.15) is 0 Å². The summed E-state index contributed by atoms with van der Waals surface area (Å²) in [5.41, 5.74) is 2.57. The Kier molecular flexibility index (Phi) is 2.03. The Hall–Kier alpha value is -2.02. The molecule has 1 aromatic heterocycles. The number of aromatic nitrogens is 1. The van der Waals surface area contributed by atoms with E-state index in [-0.39, 0.29) is 0 Å². The molecular formula is C15H13N. The van der Waals surface area contributed by atoms with Gasteiger partial charge in [-0.15, -0.1) is 0 Å². The maximum atomic E-state index is 2.18. The van der Waals surface area contributed by atoms with Crippen LogP contribution in [0.2, 0.25) is 0 Å². The molecule has 2 aromatic carbocycles. The number of rotatable bonds is 1. The van der Waals surface area contributed by atoms with Crippen molar-refractivity contribution in [3.63, 3.8) is 0 Å². The van der Waals surface area contributed by atoms with Crippen molar-refractivity contribution in [1.29, 1.82) is 0 Å². The Bertz CT molecular complexity index is 621. The molecule has 0 unspecified atom stereocenters. The zero-order valence-corrected chi connectivity index (χ0v) is 9.22. The van der Waals surface area contributed by atoms with E-state index in [0.717, 1.165) is 0 Å². The van der Waals surface area contributed by atoms with Crippen LogP contribution in [-0.2, 0) is 0 Å². The molecule has 0 atom stereocenters. The summed E-state index contributed by atoms with van der Waals surface area (Å²) in [5.74, 6) is 0. The van der Waals surface area contributed by atoms with E-state index in [2.05, 4.69) is 72.4 Å². The second kappa shape index (κ2) is 3.53. The number of hydrogen-bond acceptors (Lipinski definition) is 0. The zero-order chi connectivity index (χ0) is 11.0. The molecule has 1 nitrogen and oxygen atoms in total. The van der Waals surface area contributed by atoms with E-state index >= 15 is 0 Å². The summed E-state index contributed by atoms with van der Waals surface area (Å²) in [4.78, 5) is 0. The van der Waals surface area contributed by atoms with E-state index in [1.807, 2.05) is 0 Å². The standard InChI is InChI=1S/C15H13N/c1-12-8-9-15(16-10-4-5-11-16)14-7-3-2-6-13(12)14/h2-11H,1H3. The lowest BCUT2D eigenvalue weighted by Crippen LogP contribution is -1.92. The van der Waals surface area contributed by atoms with Gasteiger partial charge < -0.3 is 4.57 Å². The average Bonchev–Trinajstić information content (AvgIpc) is 2.83. The monoisotopic (exact) mass is 207 g/mol. The van der Waals surface area contributed by atoms with Gasteiger partial charge in [-0.3, -0.25) is 0 Å². The molecule has 3 aromatic rings. The second-order valence-corrected chi connectivity index (χ2v) is 4.04. The fraction of sp³-hybridized carbons (Fsp3) is 0.0667. The van der Waals surface area contributed by atoms with Crippen molar-refractivity contribution in [3.05, 3.63) is 66.5 Å². The second-order valence-electron chi connectivity index (χ2n) is 4.04. The Labute approximate surface area is 95.0 Å². The molecule has 0 aliphatic heterocycles. The highest BCUT2D eigenvalue weighted by atomic mass is 14.9. The van der Waals surface area contributed by atoms with Crippen molar-refractivity contribution < 1.29 is 0 Å². The van der Waals surface area contributed by atoms with Crippen LogP contribution in [0.25, 0.3) is 16.5 Å². The van der Waals surface area contributed by atoms with E-state index in [9.17, 15) is 0 Å². The summed E-state index contributed by atoms with van der Waals surface area (Å²) in [5, 5.41) is 2.63. The summed E-state index contributed by atoms with van der Waals surface area (Å²) in [7, 11) is 0. The summed E-state index contributed by atoms with van der Waals surface area (Å²) in [6, 6.07) is 17.0. The predicted molar refractivity (Wildman–Crippen MR) is 68.0 cm³/mol. The lowest BCUT2D eigenvalue weighted by molar-refractivity contribution is 1.09. The van der Waals surface area contributed by atoms with Gasteiger partial charge in [0.25, 0.3) is 0 Å². The molecule has 0 bridgehead atoms. The lowest BCUT2D eigenvalue weighted by atomic mass is 10.0. The number of aryl methyl sites for hydroxylation is 1. The minimum atomic E-state index is 1.24. The lowest BCUT2D eigenvalue weighted by Gasteiger charge is -2.09. The summed E-state index contributed by atoms with van der Waals surface area (Å²) in [6.07, 6.45) is 4.16. The van der Waals surface area contributed by atoms with Crippen LogP contribution in [0.4, 0.5) is 0 Å². The van der Waals surface area contributed by atoms with Gasteiger partial charge in [-0.25, -0.2) is 0 Å². The molecule has 78 valence electrons. The maximum absolute atomic E-state index is 2.18. The molecule has 0 N–H and O–H groups in total. The van der Waals surface area contributed by atoms with Crippen LogP contribution >= 0.6 is 0 Å². The Balaban J connectivity index is 2.39. The average molecular weight is 207 g/mol. The number of nitrogens with zero attached hydrogens (tertiary/aromatic N) is 1. The molecule has 0 saturated carbocycles. The van der Waals surface area contributed by atoms with E-state index in [4.69, 9.17) is 0 Å². The minimum Gasteiger partial charge on any atom is -0.323 e. The van der Waals surface area contributed by atoms with E-state index in [1.54, 1.807) is 0 Å². The molecule has 16 heavy (non-hydrogen) atoms. The maximum Gasteiger partial charge on any atom is 0.0527 e. The molecule has 1 heterocycles. The van der Waals surface area contributed by atoms with E-state index in [1.165, 1.54) is 22.0 Å². The van der Waals surface area contributed by atoms with Crippen LogP contribution in [0.1, 0.15) is 5.56 Å². The third-order valence-electron chi connectivity index (χ3n) is 3.00. The molecule has 0 amide bonds. The van der Waals surface area contributed by atoms with Crippen LogP contribution in [0.3, 0.4) is 0 Å². The van der Waals surface area contributed by atoms with Crippen molar-refractivity contribution in [1.82, 2.24) is 4.57 Å². The Morgan fingerprint density at radius 2 is 1.44 bits per heavy atom. The number of fused-ring (bicyclic) bond motifs is 1. The Morgan fingerprint density at radius 1 is 0.750 bits per heavy atom. The van der Waals surface area contributed by atoms with E-state index in [0.29, 0.717) is 0 Å². The van der Waals surface area contributed by atoms with Gasteiger partial charge in [0.05, 0.1) is 5.69 Å². The van der Waals surface area contributed by atoms with Crippen molar-refractivity contribution >= 4 is 10.8 Å². The van der Waals surface area contributed by atoms with Crippen LogP contribution in [-0.4, -0.2) is 4.57 Å². The number of hydrogen-bond donors (Lipinski definition) is 0. The first-order valence-corrected chi connectivity index (χ1v) is 5.48. The quantitative estimate of drug-likeness (QED) is 0.569. The minimum absolute atomic E-state index is 1.24. The highest BCUT2D eigenvalue weighted by Crippen LogP contribution is 2.25. The van der Waals surface area contributed by atoms with Crippen LogP contribution < -0.4 is 0 Å². The van der Waals surface area contributed by atoms with Crippen LogP contribution in [0.15, 0.2) is 60.9 Å². The molecule has 0 saturated heterocycles. The van der Waals surface area contributed by atoms with Crippen molar-refractivity contribution in [2.75, 3.05) is 0 Å². The first kappa shape index (κ1) is 9.22. The van der Waals surface area contributed by atoms with Gasteiger partial charge in [0, 0.05) is 17.8 Å². The summed E-state index contributed by atoms with van der Waals surface area (Å²) in [6.45, 7) is 2.15. The van der Waals surface area contributed by atoms with Crippen molar-refractivity contribution in [2.24, 2.45) is 0 Å². The molecule has 0 radical (unpaired) electrons. The topological polar surface area (TPSA) is 4.93 Å². The van der Waals surface area contributed by atoms with Gasteiger partial charge in [-0.2, -0.15) is 0 Å². The smallest absolute Gasteiger partial charge is 0.0527 e. The van der Waals surface area contributed by atoms with E-state index < -0.39 is 0 Å². The molecular weight excluding hydrogens is 194 g/mol. The van der Waals surface area contributed by atoms with Crippen LogP contribution in [0, 0.1) is 6.92 Å². The van der Waals surface area contributed by atoms with Crippen LogP contribution in [0.5, 0.6) is 0 Å². The Morgan fingerprint density at radius 3 is 2.19 bits per heavy atom. The fourth-order valence-electron chi connectivity index (χ4n) is 2.15. The highest BCUT2D eigenvalue weighted by molar-refractivity contribution is 5.92. The van der Waals surface area contributed by atoms with Gasteiger partial charge in [-0.1, -0.05) is 30.3 Å². The van der Waals surface area contributed by atoms with Crippen molar-refractivity contribution in [3.8, 4) is 5.69 Å². The zero-order valence-electron chi connectivity index (χ0n) is 9.22. The first-order chi connectivity index (χ1) is 7.86. The van der Waals surface area contributed by atoms with Gasteiger partial charge in [0.15, 0.2) is 0 Å². The molecule has 0 aliphatic carbocycles. The first-order valence-electron chi connectivity index (χ1n) is 5.48. The predicted octanol–water partition coefficient (Wildman–Crippen LogP) is 3.94. The molecule has 0 aliphatic rings. The SMILES string of the molecule is Cc1ccc(-n2cccc2)c2ccccc12. The molecule has 3 rings (SSSR count). The van der Waals surface area contributed by atoms with Gasteiger partial charge >= 0.3 is 0 Å². The largest absolute Gasteiger partial charge is 0.323 e. The normalized spacial score (nSPS) is 10.8. The van der Waals surface area contributed by atoms with Gasteiger partial charge in [-0.05, 0) is 36.1 Å². The van der Waals surface area contributed by atoms with Crippen molar-refractivity contribution in [2.45, 2.75) is 6.92 Å². The molecule has 0 fully saturated rings.